The molecule has 0 unspecified atom stereocenters. The van der Waals surface area contributed by atoms with Gasteiger partial charge in [-0.05, 0) is 26.0 Å². The molecular weight excluding hydrogens is 294 g/mol. The lowest BCUT2D eigenvalue weighted by Gasteiger charge is -2.30. The number of nitrogens with one attached hydrogen (secondary N) is 1. The van der Waals surface area contributed by atoms with Crippen molar-refractivity contribution in [1.82, 2.24) is 4.90 Å². The Bertz CT molecular complexity index is 538. The molecule has 1 aliphatic heterocycles. The molecule has 23 heavy (non-hydrogen) atoms. The van der Waals surface area contributed by atoms with E-state index in [4.69, 9.17) is 4.74 Å². The summed E-state index contributed by atoms with van der Waals surface area (Å²) in [5.74, 6) is -0.418. The standard InChI is InChI=1S/C17H25N3O3/c1-3-19(4-2)17(22)13-16(21)18-14-7-5-6-8-15(14)20-9-11-23-12-10-20/h5-8H,3-4,9-13H2,1-2H3,(H,18,21). The lowest BCUT2D eigenvalue weighted by molar-refractivity contribution is -0.134. The van der Waals surface area contributed by atoms with Gasteiger partial charge < -0.3 is 19.9 Å². The van der Waals surface area contributed by atoms with E-state index in [0.29, 0.717) is 26.3 Å². The van der Waals surface area contributed by atoms with Gasteiger partial charge in [-0.1, -0.05) is 12.1 Å². The van der Waals surface area contributed by atoms with Gasteiger partial charge in [0, 0.05) is 26.2 Å². The number of carbonyl (C=O) groups is 2. The molecule has 0 radical (unpaired) electrons. The van der Waals surface area contributed by atoms with Gasteiger partial charge in [0.1, 0.15) is 6.42 Å². The molecule has 2 amide bonds. The Balaban J connectivity index is 2.02. The fourth-order valence-electron chi connectivity index (χ4n) is 2.68. The summed E-state index contributed by atoms with van der Waals surface area (Å²) in [5.41, 5.74) is 1.71. The summed E-state index contributed by atoms with van der Waals surface area (Å²) in [5, 5.41) is 2.87. The number of rotatable bonds is 6. The summed E-state index contributed by atoms with van der Waals surface area (Å²) >= 11 is 0. The van der Waals surface area contributed by atoms with E-state index in [0.717, 1.165) is 24.5 Å². The molecule has 2 rings (SSSR count). The first-order chi connectivity index (χ1) is 11.2. The normalized spacial score (nSPS) is 14.4. The predicted molar refractivity (Wildman–Crippen MR) is 90.6 cm³/mol. The van der Waals surface area contributed by atoms with Crippen LogP contribution in [-0.2, 0) is 14.3 Å². The Labute approximate surface area is 137 Å². The Morgan fingerprint density at radius 3 is 2.48 bits per heavy atom. The maximum absolute atomic E-state index is 12.2. The van der Waals surface area contributed by atoms with Crippen molar-refractivity contribution in [3.8, 4) is 0 Å². The van der Waals surface area contributed by atoms with Crippen LogP contribution in [0.25, 0.3) is 0 Å². The van der Waals surface area contributed by atoms with E-state index < -0.39 is 0 Å². The van der Waals surface area contributed by atoms with Crippen LogP contribution in [0.4, 0.5) is 11.4 Å². The lowest BCUT2D eigenvalue weighted by atomic mass is 10.2. The first-order valence-electron chi connectivity index (χ1n) is 8.15. The van der Waals surface area contributed by atoms with Gasteiger partial charge in [-0.2, -0.15) is 0 Å². The van der Waals surface area contributed by atoms with E-state index in [1.54, 1.807) is 4.90 Å². The molecule has 1 saturated heterocycles. The minimum atomic E-state index is -0.275. The molecule has 1 heterocycles. The van der Waals surface area contributed by atoms with Gasteiger partial charge in [0.15, 0.2) is 0 Å². The molecule has 126 valence electrons. The van der Waals surface area contributed by atoms with E-state index in [1.807, 2.05) is 38.1 Å². The molecular formula is C17H25N3O3. The molecule has 6 nitrogen and oxygen atoms in total. The van der Waals surface area contributed by atoms with Crippen LogP contribution in [0.5, 0.6) is 0 Å². The first kappa shape index (κ1) is 17.3. The van der Waals surface area contributed by atoms with E-state index in [9.17, 15) is 9.59 Å². The Morgan fingerprint density at radius 1 is 1.17 bits per heavy atom. The number of morpholine rings is 1. The van der Waals surface area contributed by atoms with Crippen LogP contribution < -0.4 is 10.2 Å². The maximum atomic E-state index is 12.2. The molecule has 1 fully saturated rings. The van der Waals surface area contributed by atoms with Crippen molar-refractivity contribution in [2.75, 3.05) is 49.6 Å². The van der Waals surface area contributed by atoms with E-state index >= 15 is 0 Å². The van der Waals surface area contributed by atoms with Crippen molar-refractivity contribution < 1.29 is 14.3 Å². The second kappa shape index (κ2) is 8.53. The number of nitrogens with zero attached hydrogens (tertiary/aromatic N) is 2. The zero-order chi connectivity index (χ0) is 16.7. The maximum Gasteiger partial charge on any atom is 0.233 e. The molecule has 0 aromatic heterocycles. The topological polar surface area (TPSA) is 61.9 Å². The van der Waals surface area contributed by atoms with Crippen molar-refractivity contribution in [2.45, 2.75) is 20.3 Å². The summed E-state index contributed by atoms with van der Waals surface area (Å²) in [4.78, 5) is 28.1. The lowest BCUT2D eigenvalue weighted by Crippen LogP contribution is -2.37. The quantitative estimate of drug-likeness (QED) is 0.811. The predicted octanol–water partition coefficient (Wildman–Crippen LogP) is 1.72. The fourth-order valence-corrected chi connectivity index (χ4v) is 2.68. The summed E-state index contributed by atoms with van der Waals surface area (Å²) in [7, 11) is 0. The van der Waals surface area contributed by atoms with Gasteiger partial charge in [0.05, 0.1) is 24.6 Å². The van der Waals surface area contributed by atoms with E-state index in [1.165, 1.54) is 0 Å². The zero-order valence-corrected chi connectivity index (χ0v) is 13.9. The molecule has 1 aromatic carbocycles. The van der Waals surface area contributed by atoms with Crippen molar-refractivity contribution in [3.05, 3.63) is 24.3 Å². The summed E-state index contributed by atoms with van der Waals surface area (Å²) < 4.78 is 5.37. The van der Waals surface area contributed by atoms with Crippen LogP contribution in [0.3, 0.4) is 0 Å². The zero-order valence-electron chi connectivity index (χ0n) is 13.9. The number of amides is 2. The minimum Gasteiger partial charge on any atom is -0.378 e. The number of hydrogen-bond donors (Lipinski definition) is 1. The van der Waals surface area contributed by atoms with Crippen LogP contribution in [0, 0.1) is 0 Å². The van der Waals surface area contributed by atoms with Crippen LogP contribution in [0.15, 0.2) is 24.3 Å². The van der Waals surface area contributed by atoms with Crippen LogP contribution >= 0.6 is 0 Å². The Kier molecular flexibility index (Phi) is 6.40. The van der Waals surface area contributed by atoms with Gasteiger partial charge in [0.25, 0.3) is 0 Å². The van der Waals surface area contributed by atoms with Crippen LogP contribution in [0.1, 0.15) is 20.3 Å². The molecule has 0 bridgehead atoms. The minimum absolute atomic E-state index is 0.126. The molecule has 1 aliphatic rings. The van der Waals surface area contributed by atoms with Crippen molar-refractivity contribution in [1.29, 1.82) is 0 Å². The number of anilines is 2. The van der Waals surface area contributed by atoms with Crippen LogP contribution in [-0.4, -0.2) is 56.1 Å². The number of ether oxygens (including phenoxy) is 1. The molecule has 6 heteroatoms. The van der Waals surface area contributed by atoms with Crippen molar-refractivity contribution >= 4 is 23.2 Å². The number of carbonyl (C=O) groups excluding carboxylic acids is 2. The molecule has 0 atom stereocenters. The van der Waals surface area contributed by atoms with Crippen molar-refractivity contribution in [2.24, 2.45) is 0 Å². The van der Waals surface area contributed by atoms with Gasteiger partial charge in [0.2, 0.25) is 11.8 Å². The molecule has 0 aliphatic carbocycles. The molecule has 0 saturated carbocycles. The third kappa shape index (κ3) is 4.69. The smallest absolute Gasteiger partial charge is 0.233 e. The number of hydrogen-bond acceptors (Lipinski definition) is 4. The Hall–Kier alpha value is -2.08. The van der Waals surface area contributed by atoms with Gasteiger partial charge in [-0.3, -0.25) is 9.59 Å². The highest BCUT2D eigenvalue weighted by Crippen LogP contribution is 2.26. The highest BCUT2D eigenvalue weighted by atomic mass is 16.5. The van der Waals surface area contributed by atoms with Crippen LogP contribution in [0.2, 0.25) is 0 Å². The van der Waals surface area contributed by atoms with E-state index in [-0.39, 0.29) is 18.2 Å². The summed E-state index contributed by atoms with van der Waals surface area (Å²) in [6.07, 6.45) is -0.126. The fraction of sp³-hybridized carbons (Fsp3) is 0.529. The summed E-state index contributed by atoms with van der Waals surface area (Å²) in [6.45, 7) is 8.02. The monoisotopic (exact) mass is 319 g/mol. The average molecular weight is 319 g/mol. The average Bonchev–Trinajstić information content (AvgIpc) is 2.57. The van der Waals surface area contributed by atoms with Gasteiger partial charge in [-0.15, -0.1) is 0 Å². The van der Waals surface area contributed by atoms with Gasteiger partial charge >= 0.3 is 0 Å². The van der Waals surface area contributed by atoms with E-state index in [2.05, 4.69) is 10.2 Å². The molecule has 1 aromatic rings. The Morgan fingerprint density at radius 2 is 1.83 bits per heavy atom. The van der Waals surface area contributed by atoms with Gasteiger partial charge in [-0.25, -0.2) is 0 Å². The number of benzene rings is 1. The first-order valence-corrected chi connectivity index (χ1v) is 8.15. The summed E-state index contributed by atoms with van der Waals surface area (Å²) in [6, 6.07) is 7.67. The second-order valence-electron chi connectivity index (χ2n) is 5.41. The largest absolute Gasteiger partial charge is 0.378 e. The second-order valence-corrected chi connectivity index (χ2v) is 5.41. The van der Waals surface area contributed by atoms with Crippen molar-refractivity contribution in [3.63, 3.8) is 0 Å². The highest BCUT2D eigenvalue weighted by molar-refractivity contribution is 6.04. The SMILES string of the molecule is CCN(CC)C(=O)CC(=O)Nc1ccccc1N1CCOCC1. The number of para-hydroxylation sites is 2. The third-order valence-corrected chi connectivity index (χ3v) is 3.96. The highest BCUT2D eigenvalue weighted by Gasteiger charge is 2.18. The molecule has 0 spiro atoms. The third-order valence-electron chi connectivity index (χ3n) is 3.96. The molecule has 1 N–H and O–H groups in total.